The summed E-state index contributed by atoms with van der Waals surface area (Å²) in [6, 6.07) is 5.65. The largest absolute Gasteiger partial charge is 0.400 e. The van der Waals surface area contributed by atoms with Crippen molar-refractivity contribution in [2.75, 3.05) is 18.2 Å². The van der Waals surface area contributed by atoms with E-state index in [9.17, 15) is 0 Å². The Morgan fingerprint density at radius 3 is 2.41 bits per heavy atom. The summed E-state index contributed by atoms with van der Waals surface area (Å²) in [6.07, 6.45) is 14.3. The van der Waals surface area contributed by atoms with Crippen molar-refractivity contribution in [2.24, 2.45) is 0 Å². The zero-order valence-corrected chi connectivity index (χ0v) is 17.2. The molecule has 3 aromatic rings. The topological polar surface area (TPSA) is 101 Å². The van der Waals surface area contributed by atoms with E-state index in [1.54, 1.807) is 23.0 Å². The lowest BCUT2D eigenvalue weighted by molar-refractivity contribution is 0.399. The second kappa shape index (κ2) is 11.5. The van der Waals surface area contributed by atoms with Crippen molar-refractivity contribution in [3.8, 4) is 0 Å². The van der Waals surface area contributed by atoms with Gasteiger partial charge in [0.15, 0.2) is 5.65 Å². The number of nitrogens with zero attached hydrogens (tertiary/aromatic N) is 4. The first-order valence-corrected chi connectivity index (χ1v) is 9.90. The Labute approximate surface area is 168 Å². The SMILES string of the molecule is C1CCCCC1.CO.Nc1cc(NCc2cccnc2)n2ncc(Br)c2n1. The van der Waals surface area contributed by atoms with E-state index < -0.39 is 0 Å². The Balaban J connectivity index is 0.000000275. The van der Waals surface area contributed by atoms with Gasteiger partial charge in [0.05, 0.1) is 10.7 Å². The van der Waals surface area contributed by atoms with Gasteiger partial charge in [0.1, 0.15) is 11.6 Å². The summed E-state index contributed by atoms with van der Waals surface area (Å²) in [4.78, 5) is 8.30. The minimum absolute atomic E-state index is 0.447. The monoisotopic (exact) mass is 434 g/mol. The molecule has 0 bridgehead atoms. The predicted octanol–water partition coefficient (Wildman–Crippen LogP) is 4.03. The van der Waals surface area contributed by atoms with Gasteiger partial charge in [0, 0.05) is 32.1 Å². The number of rotatable bonds is 3. The molecular weight excluding hydrogens is 408 g/mol. The van der Waals surface area contributed by atoms with Gasteiger partial charge >= 0.3 is 0 Å². The summed E-state index contributed by atoms with van der Waals surface area (Å²) in [5.41, 5.74) is 7.57. The van der Waals surface area contributed by atoms with Gasteiger partial charge in [-0.1, -0.05) is 44.6 Å². The van der Waals surface area contributed by atoms with E-state index >= 15 is 0 Å². The number of halogens is 1. The van der Waals surface area contributed by atoms with Crippen LogP contribution in [0.2, 0.25) is 0 Å². The molecule has 7 nitrogen and oxygen atoms in total. The lowest BCUT2D eigenvalue weighted by Crippen LogP contribution is -2.07. The summed E-state index contributed by atoms with van der Waals surface area (Å²) < 4.78 is 2.51. The molecule has 0 atom stereocenters. The number of aliphatic hydroxyl groups excluding tert-OH is 1. The van der Waals surface area contributed by atoms with Crippen molar-refractivity contribution in [3.63, 3.8) is 0 Å². The summed E-state index contributed by atoms with van der Waals surface area (Å²) in [6.45, 7) is 0.643. The number of aromatic nitrogens is 4. The van der Waals surface area contributed by atoms with Crippen molar-refractivity contribution in [2.45, 2.75) is 45.1 Å². The van der Waals surface area contributed by atoms with E-state index in [4.69, 9.17) is 10.8 Å². The quantitative estimate of drug-likeness (QED) is 0.574. The fraction of sp³-hybridized carbons (Fsp3) is 0.421. The fourth-order valence-corrected chi connectivity index (χ4v) is 3.18. The third-order valence-corrected chi connectivity index (χ3v) is 4.70. The average molecular weight is 435 g/mol. The van der Waals surface area contributed by atoms with Gasteiger partial charge in [-0.15, -0.1) is 0 Å². The fourth-order valence-electron chi connectivity index (χ4n) is 2.84. The number of hydrogen-bond acceptors (Lipinski definition) is 6. The van der Waals surface area contributed by atoms with Crippen molar-refractivity contribution >= 4 is 33.2 Å². The van der Waals surface area contributed by atoms with E-state index in [1.165, 1.54) is 38.5 Å². The number of pyridine rings is 1. The number of nitrogens with two attached hydrogens (primary N) is 1. The zero-order valence-electron chi connectivity index (χ0n) is 15.6. The third kappa shape index (κ3) is 6.48. The molecule has 0 aromatic carbocycles. The number of fused-ring (bicyclic) bond motifs is 1. The van der Waals surface area contributed by atoms with Crippen LogP contribution in [0.25, 0.3) is 5.65 Å². The third-order valence-electron chi connectivity index (χ3n) is 4.15. The van der Waals surface area contributed by atoms with Crippen molar-refractivity contribution in [3.05, 3.63) is 46.8 Å². The lowest BCUT2D eigenvalue weighted by Gasteiger charge is -2.09. The minimum atomic E-state index is 0.447. The highest BCUT2D eigenvalue weighted by atomic mass is 79.9. The highest BCUT2D eigenvalue weighted by Crippen LogP contribution is 2.21. The maximum atomic E-state index is 7.00. The molecule has 0 radical (unpaired) electrons. The van der Waals surface area contributed by atoms with Crippen LogP contribution in [0.1, 0.15) is 44.1 Å². The molecule has 0 amide bonds. The molecule has 4 N–H and O–H groups in total. The van der Waals surface area contributed by atoms with Gasteiger partial charge in [0.25, 0.3) is 0 Å². The minimum Gasteiger partial charge on any atom is -0.400 e. The molecule has 1 aliphatic carbocycles. The van der Waals surface area contributed by atoms with Crippen LogP contribution in [-0.2, 0) is 6.54 Å². The van der Waals surface area contributed by atoms with Gasteiger partial charge in [-0.25, -0.2) is 4.98 Å². The summed E-state index contributed by atoms with van der Waals surface area (Å²) in [5, 5.41) is 14.5. The van der Waals surface area contributed by atoms with Crippen molar-refractivity contribution < 1.29 is 5.11 Å². The van der Waals surface area contributed by atoms with Crippen LogP contribution in [0.15, 0.2) is 41.3 Å². The van der Waals surface area contributed by atoms with Crippen LogP contribution in [0.4, 0.5) is 11.6 Å². The highest BCUT2D eigenvalue weighted by Gasteiger charge is 2.08. The molecule has 146 valence electrons. The van der Waals surface area contributed by atoms with Crippen LogP contribution in [0, 0.1) is 0 Å². The molecular formula is C19H27BrN6O. The van der Waals surface area contributed by atoms with Crippen molar-refractivity contribution in [1.29, 1.82) is 0 Å². The number of hydrogen-bond donors (Lipinski definition) is 3. The van der Waals surface area contributed by atoms with Gasteiger partial charge in [-0.2, -0.15) is 9.61 Å². The molecule has 3 aromatic heterocycles. The standard InChI is InChI=1S/C12H11BrN6.C6H12.CH4O/c13-9-7-17-19-11(4-10(14)18-12(9)19)16-6-8-2-1-3-15-5-8;1-2-4-6-5-3-1;1-2/h1-5,7,16H,6H2,(H2,14,18);1-6H2;2H,1H3. The molecule has 0 spiro atoms. The van der Waals surface area contributed by atoms with Crippen LogP contribution >= 0.6 is 15.9 Å². The maximum absolute atomic E-state index is 7.00. The van der Waals surface area contributed by atoms with E-state index in [0.29, 0.717) is 18.0 Å². The molecule has 27 heavy (non-hydrogen) atoms. The first-order chi connectivity index (χ1) is 13.2. The van der Waals surface area contributed by atoms with Gasteiger partial charge in [0.2, 0.25) is 0 Å². The number of aliphatic hydroxyl groups is 1. The Bertz CT molecular complexity index is 793. The highest BCUT2D eigenvalue weighted by molar-refractivity contribution is 9.10. The van der Waals surface area contributed by atoms with Crippen LogP contribution in [0.3, 0.4) is 0 Å². The molecule has 0 saturated heterocycles. The Morgan fingerprint density at radius 2 is 1.81 bits per heavy atom. The Kier molecular flexibility index (Phi) is 9.00. The lowest BCUT2D eigenvalue weighted by atomic mass is 10.0. The normalized spacial score (nSPS) is 13.1. The molecule has 3 heterocycles. The summed E-state index contributed by atoms with van der Waals surface area (Å²) >= 11 is 3.39. The number of nitrogens with one attached hydrogen (secondary N) is 1. The van der Waals surface area contributed by atoms with E-state index in [0.717, 1.165) is 23.0 Å². The molecule has 4 rings (SSSR count). The predicted molar refractivity (Wildman–Crippen MR) is 113 cm³/mol. The zero-order chi connectivity index (χ0) is 19.5. The second-order valence-corrected chi connectivity index (χ2v) is 6.98. The first-order valence-electron chi connectivity index (χ1n) is 9.11. The number of nitrogen functional groups attached to an aromatic ring is 1. The molecule has 0 unspecified atom stereocenters. The van der Waals surface area contributed by atoms with Crippen LogP contribution in [-0.4, -0.2) is 31.8 Å². The van der Waals surface area contributed by atoms with Crippen LogP contribution in [0.5, 0.6) is 0 Å². The number of anilines is 2. The molecule has 1 aliphatic rings. The smallest absolute Gasteiger partial charge is 0.173 e. The molecule has 8 heteroatoms. The Morgan fingerprint density at radius 1 is 1.15 bits per heavy atom. The Hall–Kier alpha value is -2.19. The average Bonchev–Trinajstić information content (AvgIpc) is 3.11. The van der Waals surface area contributed by atoms with E-state index in [-0.39, 0.29) is 0 Å². The van der Waals surface area contributed by atoms with Gasteiger partial charge in [-0.05, 0) is 27.6 Å². The van der Waals surface area contributed by atoms with Crippen LogP contribution < -0.4 is 11.1 Å². The van der Waals surface area contributed by atoms with E-state index in [2.05, 4.69) is 36.3 Å². The molecule has 1 saturated carbocycles. The van der Waals surface area contributed by atoms with Crippen molar-refractivity contribution in [1.82, 2.24) is 19.6 Å². The van der Waals surface area contributed by atoms with Gasteiger partial charge in [-0.3, -0.25) is 4.98 Å². The van der Waals surface area contributed by atoms with Gasteiger partial charge < -0.3 is 16.2 Å². The van der Waals surface area contributed by atoms with E-state index in [1.807, 2.05) is 18.3 Å². The second-order valence-electron chi connectivity index (χ2n) is 6.13. The molecule has 1 fully saturated rings. The first kappa shape index (κ1) is 21.1. The summed E-state index contributed by atoms with van der Waals surface area (Å²) in [7, 11) is 1.00. The molecule has 0 aliphatic heterocycles. The maximum Gasteiger partial charge on any atom is 0.173 e. The summed E-state index contributed by atoms with van der Waals surface area (Å²) in [5.74, 6) is 1.24.